The van der Waals surface area contributed by atoms with Gasteiger partial charge < -0.3 is 5.32 Å². The summed E-state index contributed by atoms with van der Waals surface area (Å²) in [4.78, 5) is 0. The molecule has 112 valence electrons. The fourth-order valence-corrected chi connectivity index (χ4v) is 3.75. The zero-order valence-electron chi connectivity index (χ0n) is 13.1. The van der Waals surface area contributed by atoms with Crippen LogP contribution in [0.2, 0.25) is 0 Å². The van der Waals surface area contributed by atoms with E-state index in [4.69, 9.17) is 0 Å². The lowest BCUT2D eigenvalue weighted by Gasteiger charge is -2.33. The van der Waals surface area contributed by atoms with Crippen LogP contribution in [-0.4, -0.2) is 6.54 Å². The lowest BCUT2D eigenvalue weighted by Crippen LogP contribution is -2.35. The van der Waals surface area contributed by atoms with Gasteiger partial charge in [-0.1, -0.05) is 44.9 Å². The Kier molecular flexibility index (Phi) is 5.20. The number of hydrogen-bond acceptors (Lipinski definition) is 1. The van der Waals surface area contributed by atoms with Gasteiger partial charge in [-0.25, -0.2) is 4.39 Å². The molecule has 2 heteroatoms. The molecule has 1 unspecified atom stereocenters. The Labute approximate surface area is 123 Å². The van der Waals surface area contributed by atoms with E-state index < -0.39 is 0 Å². The highest BCUT2D eigenvalue weighted by Crippen LogP contribution is 2.43. The van der Waals surface area contributed by atoms with Crippen LogP contribution in [0.1, 0.15) is 64.5 Å². The largest absolute Gasteiger partial charge is 0.310 e. The smallest absolute Gasteiger partial charge is 0.127 e. The normalized spacial score (nSPS) is 19.4. The molecule has 0 spiro atoms. The minimum Gasteiger partial charge on any atom is -0.310 e. The third kappa shape index (κ3) is 3.82. The number of halogens is 1. The van der Waals surface area contributed by atoms with Crippen molar-refractivity contribution in [2.24, 2.45) is 11.3 Å². The molecular weight excluding hydrogens is 249 g/mol. The number of rotatable bonds is 6. The van der Waals surface area contributed by atoms with Crippen LogP contribution in [0.25, 0.3) is 0 Å². The Bertz CT molecular complexity index is 421. The van der Waals surface area contributed by atoms with Crippen molar-refractivity contribution < 1.29 is 4.39 Å². The maximum atomic E-state index is 13.8. The highest BCUT2D eigenvalue weighted by molar-refractivity contribution is 5.20. The molecule has 1 aliphatic carbocycles. The quantitative estimate of drug-likeness (QED) is 0.764. The lowest BCUT2D eigenvalue weighted by molar-refractivity contribution is 0.216. The van der Waals surface area contributed by atoms with Gasteiger partial charge in [0.05, 0.1) is 0 Å². The van der Waals surface area contributed by atoms with Crippen LogP contribution in [-0.2, 0) is 0 Å². The molecule has 0 radical (unpaired) electrons. The number of nitrogens with one attached hydrogen (secondary N) is 1. The van der Waals surface area contributed by atoms with Crippen molar-refractivity contribution in [2.75, 3.05) is 6.54 Å². The summed E-state index contributed by atoms with van der Waals surface area (Å²) < 4.78 is 13.8. The summed E-state index contributed by atoms with van der Waals surface area (Å²) in [5, 5.41) is 3.59. The molecule has 0 bridgehead atoms. The molecule has 1 saturated carbocycles. The van der Waals surface area contributed by atoms with Gasteiger partial charge in [0.25, 0.3) is 0 Å². The van der Waals surface area contributed by atoms with Crippen molar-refractivity contribution in [1.29, 1.82) is 0 Å². The molecule has 0 aromatic heterocycles. The molecule has 1 N–H and O–H groups in total. The summed E-state index contributed by atoms with van der Waals surface area (Å²) in [6.07, 6.45) is 6.62. The molecule has 2 rings (SSSR count). The maximum absolute atomic E-state index is 13.8. The molecule has 1 aliphatic rings. The van der Waals surface area contributed by atoms with E-state index in [-0.39, 0.29) is 11.9 Å². The van der Waals surface area contributed by atoms with Crippen LogP contribution in [0.15, 0.2) is 24.3 Å². The van der Waals surface area contributed by atoms with Gasteiger partial charge in [-0.2, -0.15) is 0 Å². The molecule has 1 fully saturated rings. The zero-order chi connectivity index (χ0) is 14.6. The third-order valence-electron chi connectivity index (χ3n) is 4.66. The molecule has 1 aromatic carbocycles. The van der Waals surface area contributed by atoms with E-state index >= 15 is 0 Å². The van der Waals surface area contributed by atoms with Gasteiger partial charge in [-0.15, -0.1) is 0 Å². The third-order valence-corrected chi connectivity index (χ3v) is 4.66. The van der Waals surface area contributed by atoms with Crippen LogP contribution in [0.5, 0.6) is 0 Å². The number of benzene rings is 1. The van der Waals surface area contributed by atoms with Gasteiger partial charge >= 0.3 is 0 Å². The first-order valence-electron chi connectivity index (χ1n) is 8.00. The van der Waals surface area contributed by atoms with Crippen molar-refractivity contribution in [1.82, 2.24) is 5.32 Å². The Morgan fingerprint density at radius 3 is 2.40 bits per heavy atom. The van der Waals surface area contributed by atoms with Gasteiger partial charge in [-0.05, 0) is 43.6 Å². The lowest BCUT2D eigenvalue weighted by atomic mass is 9.78. The van der Waals surface area contributed by atoms with Crippen LogP contribution in [0, 0.1) is 17.2 Å². The first-order chi connectivity index (χ1) is 9.52. The standard InChI is InChI=1S/C18H28FN/c1-14(2)12-18(10-6-7-11-18)13-20-15(3)16-8-4-5-9-17(16)19/h4-5,8-9,14-15,20H,6-7,10-13H2,1-3H3. The van der Waals surface area contributed by atoms with E-state index in [1.165, 1.54) is 32.1 Å². The van der Waals surface area contributed by atoms with Crippen LogP contribution < -0.4 is 5.32 Å². The second-order valence-electron chi connectivity index (χ2n) is 6.93. The van der Waals surface area contributed by atoms with Gasteiger partial charge in [0.2, 0.25) is 0 Å². The molecule has 1 atom stereocenters. The molecular formula is C18H28FN. The van der Waals surface area contributed by atoms with Crippen molar-refractivity contribution in [3.05, 3.63) is 35.6 Å². The zero-order valence-corrected chi connectivity index (χ0v) is 13.1. The van der Waals surface area contributed by atoms with E-state index in [1.807, 2.05) is 12.1 Å². The Balaban J connectivity index is 1.97. The second kappa shape index (κ2) is 6.71. The summed E-state index contributed by atoms with van der Waals surface area (Å²) in [5.41, 5.74) is 1.22. The van der Waals surface area contributed by atoms with E-state index in [0.717, 1.165) is 18.0 Å². The van der Waals surface area contributed by atoms with E-state index in [1.54, 1.807) is 12.1 Å². The summed E-state index contributed by atoms with van der Waals surface area (Å²) in [6.45, 7) is 7.69. The van der Waals surface area contributed by atoms with Gasteiger partial charge in [0.15, 0.2) is 0 Å². The predicted octanol–water partition coefficient (Wildman–Crippen LogP) is 5.08. The van der Waals surface area contributed by atoms with Gasteiger partial charge in [-0.3, -0.25) is 0 Å². The van der Waals surface area contributed by atoms with E-state index in [2.05, 4.69) is 26.1 Å². The molecule has 0 saturated heterocycles. The summed E-state index contributed by atoms with van der Waals surface area (Å²) in [6, 6.07) is 7.18. The molecule has 0 amide bonds. The average molecular weight is 277 g/mol. The van der Waals surface area contributed by atoms with Crippen LogP contribution >= 0.6 is 0 Å². The molecule has 0 heterocycles. The van der Waals surface area contributed by atoms with E-state index in [0.29, 0.717) is 5.41 Å². The summed E-state index contributed by atoms with van der Waals surface area (Å²) in [5.74, 6) is 0.635. The topological polar surface area (TPSA) is 12.0 Å². The van der Waals surface area contributed by atoms with Gasteiger partial charge in [0.1, 0.15) is 5.82 Å². The van der Waals surface area contributed by atoms with Crippen molar-refractivity contribution in [2.45, 2.75) is 58.9 Å². The van der Waals surface area contributed by atoms with Gasteiger partial charge in [0, 0.05) is 18.2 Å². The van der Waals surface area contributed by atoms with Crippen LogP contribution in [0.4, 0.5) is 4.39 Å². The molecule has 1 aromatic rings. The molecule has 1 nitrogen and oxygen atoms in total. The Hall–Kier alpha value is -0.890. The molecule has 20 heavy (non-hydrogen) atoms. The minimum atomic E-state index is -0.100. The highest BCUT2D eigenvalue weighted by Gasteiger charge is 2.34. The summed E-state index contributed by atoms with van der Waals surface area (Å²) in [7, 11) is 0. The second-order valence-corrected chi connectivity index (χ2v) is 6.93. The average Bonchev–Trinajstić information content (AvgIpc) is 2.84. The Morgan fingerprint density at radius 2 is 1.80 bits per heavy atom. The van der Waals surface area contributed by atoms with Crippen LogP contribution in [0.3, 0.4) is 0 Å². The fraction of sp³-hybridized carbons (Fsp3) is 0.667. The maximum Gasteiger partial charge on any atom is 0.127 e. The SMILES string of the molecule is CC(C)CC1(CNC(C)c2ccccc2F)CCCC1. The highest BCUT2D eigenvalue weighted by atomic mass is 19.1. The van der Waals surface area contributed by atoms with E-state index in [9.17, 15) is 4.39 Å². The van der Waals surface area contributed by atoms with Crippen molar-refractivity contribution in [3.8, 4) is 0 Å². The minimum absolute atomic E-state index is 0.0841. The molecule has 0 aliphatic heterocycles. The first kappa shape index (κ1) is 15.5. The first-order valence-corrected chi connectivity index (χ1v) is 8.00. The Morgan fingerprint density at radius 1 is 1.15 bits per heavy atom. The monoisotopic (exact) mass is 277 g/mol. The van der Waals surface area contributed by atoms with Crippen molar-refractivity contribution >= 4 is 0 Å². The predicted molar refractivity (Wildman–Crippen MR) is 83.2 cm³/mol. The fourth-order valence-electron chi connectivity index (χ4n) is 3.75. The number of hydrogen-bond donors (Lipinski definition) is 1. The van der Waals surface area contributed by atoms with Crippen molar-refractivity contribution in [3.63, 3.8) is 0 Å². The summed E-state index contributed by atoms with van der Waals surface area (Å²) >= 11 is 0.